The van der Waals surface area contributed by atoms with Crippen molar-refractivity contribution in [1.29, 1.82) is 0 Å². The van der Waals surface area contributed by atoms with E-state index >= 15 is 0 Å². The van der Waals surface area contributed by atoms with Gasteiger partial charge >= 0.3 is 0 Å². The number of rotatable bonds is 5. The predicted octanol–water partition coefficient (Wildman–Crippen LogP) is 2.45. The molecule has 2 amide bonds. The number of thiazole rings is 1. The van der Waals surface area contributed by atoms with Crippen LogP contribution in [0.25, 0.3) is 21.3 Å². The highest BCUT2D eigenvalue weighted by atomic mass is 32.1. The van der Waals surface area contributed by atoms with Crippen LogP contribution in [0.2, 0.25) is 0 Å². The molecule has 0 aliphatic rings. The fraction of sp³-hybridized carbons (Fsp3) is 0.136. The molecule has 168 valence electrons. The van der Waals surface area contributed by atoms with Gasteiger partial charge in [0.1, 0.15) is 9.88 Å². The highest BCUT2D eigenvalue weighted by molar-refractivity contribution is 7.17. The lowest BCUT2D eigenvalue weighted by atomic mass is 10.1. The molecule has 2 aromatic carbocycles. The fourth-order valence-corrected chi connectivity index (χ4v) is 4.17. The van der Waals surface area contributed by atoms with Gasteiger partial charge in [0.2, 0.25) is 0 Å². The first-order valence-corrected chi connectivity index (χ1v) is 10.5. The van der Waals surface area contributed by atoms with Crippen LogP contribution in [0.4, 0.5) is 0 Å². The molecule has 2 aromatic heterocycles. The molecule has 0 spiro atoms. The number of ether oxygens (including phenoxy) is 2. The molecule has 2 heterocycles. The van der Waals surface area contributed by atoms with E-state index in [1.54, 1.807) is 50.4 Å². The molecular formula is C22H19N5O5S. The minimum Gasteiger partial charge on any atom is -0.493 e. The number of hydrogen-bond donors (Lipinski definition) is 3. The molecule has 11 heteroatoms. The molecule has 0 unspecified atom stereocenters. The SMILES string of the molecule is COc1ccc(-c2nc(C)c(C(=O)NNC(=O)c3n[nH]c(=O)c4ccccc34)s2)cc1OC. The van der Waals surface area contributed by atoms with Crippen LogP contribution < -0.4 is 25.9 Å². The Labute approximate surface area is 191 Å². The van der Waals surface area contributed by atoms with Crippen LogP contribution in [-0.2, 0) is 0 Å². The summed E-state index contributed by atoms with van der Waals surface area (Å²) in [5, 5.41) is 7.40. The lowest BCUT2D eigenvalue weighted by Crippen LogP contribution is -2.42. The van der Waals surface area contributed by atoms with Crippen molar-refractivity contribution in [2.24, 2.45) is 0 Å². The first-order valence-electron chi connectivity index (χ1n) is 9.71. The van der Waals surface area contributed by atoms with Crippen molar-refractivity contribution in [1.82, 2.24) is 26.0 Å². The summed E-state index contributed by atoms with van der Waals surface area (Å²) in [5.74, 6) is -0.0720. The van der Waals surface area contributed by atoms with E-state index in [4.69, 9.17) is 9.47 Å². The molecule has 10 nitrogen and oxygen atoms in total. The van der Waals surface area contributed by atoms with Crippen molar-refractivity contribution in [2.75, 3.05) is 14.2 Å². The van der Waals surface area contributed by atoms with E-state index in [-0.39, 0.29) is 5.69 Å². The number of carbonyl (C=O) groups excluding carboxylic acids is 2. The first kappa shape index (κ1) is 22.0. The van der Waals surface area contributed by atoms with Gasteiger partial charge in [0.05, 0.1) is 25.3 Å². The third-order valence-corrected chi connectivity index (χ3v) is 6.04. The van der Waals surface area contributed by atoms with Crippen LogP contribution in [0.5, 0.6) is 11.5 Å². The van der Waals surface area contributed by atoms with Crippen molar-refractivity contribution in [3.63, 3.8) is 0 Å². The smallest absolute Gasteiger partial charge is 0.290 e. The van der Waals surface area contributed by atoms with Crippen LogP contribution >= 0.6 is 11.3 Å². The van der Waals surface area contributed by atoms with E-state index < -0.39 is 17.4 Å². The lowest BCUT2D eigenvalue weighted by Gasteiger charge is -2.08. The molecule has 33 heavy (non-hydrogen) atoms. The second kappa shape index (κ2) is 9.09. The number of hydrazine groups is 1. The average molecular weight is 465 g/mol. The number of aromatic amines is 1. The summed E-state index contributed by atoms with van der Waals surface area (Å²) < 4.78 is 10.6. The Morgan fingerprint density at radius 1 is 0.970 bits per heavy atom. The number of nitrogens with one attached hydrogen (secondary N) is 3. The van der Waals surface area contributed by atoms with Gasteiger partial charge in [0.25, 0.3) is 17.4 Å². The van der Waals surface area contributed by atoms with Crippen molar-refractivity contribution in [2.45, 2.75) is 6.92 Å². The standard InChI is InChI=1S/C22H19N5O5S/c1-11-18(33-22(23-11)12-8-9-15(31-2)16(10-12)32-3)21(30)27-26-20(29)17-13-6-4-5-7-14(13)19(28)25-24-17/h4-10H,1-3H3,(H,25,28)(H,26,29)(H,27,30). The van der Waals surface area contributed by atoms with Gasteiger partial charge in [-0.1, -0.05) is 18.2 Å². The minimum absolute atomic E-state index is 0.0162. The maximum atomic E-state index is 12.7. The summed E-state index contributed by atoms with van der Waals surface area (Å²) in [7, 11) is 3.09. The molecular weight excluding hydrogens is 446 g/mol. The molecule has 0 bridgehead atoms. The number of nitrogens with zero attached hydrogens (tertiary/aromatic N) is 2. The number of hydrogen-bond acceptors (Lipinski definition) is 8. The van der Waals surface area contributed by atoms with Gasteiger partial charge in [-0.15, -0.1) is 11.3 Å². The molecule has 0 fully saturated rings. The summed E-state index contributed by atoms with van der Waals surface area (Å²) in [6.07, 6.45) is 0. The summed E-state index contributed by atoms with van der Waals surface area (Å²) in [6, 6.07) is 11.9. The number of carbonyl (C=O) groups is 2. The third kappa shape index (κ3) is 4.26. The maximum Gasteiger partial charge on any atom is 0.290 e. The molecule has 0 aliphatic heterocycles. The van der Waals surface area contributed by atoms with Gasteiger partial charge < -0.3 is 9.47 Å². The molecule has 0 saturated carbocycles. The van der Waals surface area contributed by atoms with Crippen molar-refractivity contribution in [3.05, 3.63) is 69.1 Å². The zero-order chi connectivity index (χ0) is 23.5. The van der Waals surface area contributed by atoms with E-state index in [9.17, 15) is 14.4 Å². The van der Waals surface area contributed by atoms with Gasteiger partial charge in [0.15, 0.2) is 17.2 Å². The second-order valence-corrected chi connectivity index (χ2v) is 7.86. The average Bonchev–Trinajstić information content (AvgIpc) is 3.24. The zero-order valence-electron chi connectivity index (χ0n) is 17.9. The molecule has 0 radical (unpaired) electrons. The predicted molar refractivity (Wildman–Crippen MR) is 123 cm³/mol. The fourth-order valence-electron chi connectivity index (χ4n) is 3.22. The first-order chi connectivity index (χ1) is 15.9. The summed E-state index contributed by atoms with van der Waals surface area (Å²) >= 11 is 1.17. The number of H-pyrrole nitrogens is 1. The lowest BCUT2D eigenvalue weighted by molar-refractivity contribution is 0.0846. The van der Waals surface area contributed by atoms with Crippen molar-refractivity contribution < 1.29 is 19.1 Å². The van der Waals surface area contributed by atoms with Gasteiger partial charge in [-0.2, -0.15) is 5.10 Å². The van der Waals surface area contributed by atoms with Crippen LogP contribution in [-0.4, -0.2) is 41.2 Å². The Morgan fingerprint density at radius 2 is 1.67 bits per heavy atom. The molecule has 0 saturated heterocycles. The minimum atomic E-state index is -0.668. The highest BCUT2D eigenvalue weighted by Gasteiger charge is 2.19. The van der Waals surface area contributed by atoms with E-state index in [2.05, 4.69) is 26.0 Å². The number of fused-ring (bicyclic) bond motifs is 1. The summed E-state index contributed by atoms with van der Waals surface area (Å²) in [5.41, 5.74) is 5.55. The van der Waals surface area contributed by atoms with Crippen molar-refractivity contribution in [3.8, 4) is 22.1 Å². The van der Waals surface area contributed by atoms with Crippen LogP contribution in [0.1, 0.15) is 25.9 Å². The molecule has 4 rings (SSSR count). The Balaban J connectivity index is 1.52. The number of benzene rings is 2. The Kier molecular flexibility index (Phi) is 6.05. The second-order valence-electron chi connectivity index (χ2n) is 6.86. The maximum absolute atomic E-state index is 12.7. The highest BCUT2D eigenvalue weighted by Crippen LogP contribution is 2.34. The Hall–Kier alpha value is -4.25. The van der Waals surface area contributed by atoms with Crippen LogP contribution in [0.15, 0.2) is 47.3 Å². The third-order valence-electron chi connectivity index (χ3n) is 4.83. The van der Waals surface area contributed by atoms with E-state index in [1.807, 2.05) is 6.07 Å². The summed E-state index contributed by atoms with van der Waals surface area (Å²) in [4.78, 5) is 42.0. The topological polar surface area (TPSA) is 135 Å². The zero-order valence-corrected chi connectivity index (χ0v) is 18.7. The molecule has 4 aromatic rings. The Bertz CT molecular complexity index is 1430. The van der Waals surface area contributed by atoms with Crippen LogP contribution in [0, 0.1) is 6.92 Å². The van der Waals surface area contributed by atoms with Gasteiger partial charge in [-0.3, -0.25) is 25.2 Å². The number of aromatic nitrogens is 3. The molecule has 0 atom stereocenters. The largest absolute Gasteiger partial charge is 0.493 e. The van der Waals surface area contributed by atoms with Gasteiger partial charge in [0, 0.05) is 10.9 Å². The van der Waals surface area contributed by atoms with E-state index in [0.29, 0.717) is 37.9 Å². The molecule has 3 N–H and O–H groups in total. The molecule has 0 aliphatic carbocycles. The van der Waals surface area contributed by atoms with Crippen molar-refractivity contribution >= 4 is 33.9 Å². The van der Waals surface area contributed by atoms with Crippen LogP contribution in [0.3, 0.4) is 0 Å². The Morgan fingerprint density at radius 3 is 2.39 bits per heavy atom. The normalized spacial score (nSPS) is 10.6. The van der Waals surface area contributed by atoms with Gasteiger partial charge in [-0.05, 0) is 31.2 Å². The number of amides is 2. The summed E-state index contributed by atoms with van der Waals surface area (Å²) in [6.45, 7) is 1.70. The van der Waals surface area contributed by atoms with E-state index in [1.165, 1.54) is 18.4 Å². The van der Waals surface area contributed by atoms with Gasteiger partial charge in [-0.25, -0.2) is 10.1 Å². The quantitative estimate of drug-likeness (QED) is 0.385. The number of methoxy groups -OCH3 is 2. The monoisotopic (exact) mass is 465 g/mol. The number of aryl methyl sites for hydroxylation is 1. The van der Waals surface area contributed by atoms with E-state index in [0.717, 1.165) is 5.56 Å².